The van der Waals surface area contributed by atoms with E-state index in [1.165, 1.54) is 11.1 Å². The van der Waals surface area contributed by atoms with Crippen molar-refractivity contribution in [1.29, 1.82) is 0 Å². The summed E-state index contributed by atoms with van der Waals surface area (Å²) in [5.41, 5.74) is 3.65. The van der Waals surface area contributed by atoms with Crippen molar-refractivity contribution in [2.75, 3.05) is 6.61 Å². The molecule has 1 aromatic heterocycles. The van der Waals surface area contributed by atoms with Crippen LogP contribution in [0.15, 0.2) is 47.5 Å². The van der Waals surface area contributed by atoms with Crippen molar-refractivity contribution in [3.8, 4) is 5.75 Å². The number of aromatic nitrogens is 1. The zero-order chi connectivity index (χ0) is 17.8. The van der Waals surface area contributed by atoms with E-state index < -0.39 is 0 Å². The summed E-state index contributed by atoms with van der Waals surface area (Å²) in [5.74, 6) is 0.616. The largest absolute Gasteiger partial charge is 0.493 e. The molecule has 1 amide bonds. The zero-order valence-corrected chi connectivity index (χ0v) is 15.6. The van der Waals surface area contributed by atoms with E-state index in [1.54, 1.807) is 11.3 Å². The number of hydrogen-bond acceptors (Lipinski definition) is 3. The Kier molecular flexibility index (Phi) is 5.34. The summed E-state index contributed by atoms with van der Waals surface area (Å²) >= 11 is 1.56. The number of thiazole rings is 1. The lowest BCUT2D eigenvalue weighted by atomic mass is 10.1. The third-order valence-electron chi connectivity index (χ3n) is 4.16. The van der Waals surface area contributed by atoms with Gasteiger partial charge in [0.25, 0.3) is 5.91 Å². The van der Waals surface area contributed by atoms with Crippen LogP contribution in [0.4, 0.5) is 0 Å². The third kappa shape index (κ3) is 3.99. The molecule has 3 rings (SSSR count). The van der Waals surface area contributed by atoms with Gasteiger partial charge in [0.1, 0.15) is 5.75 Å². The molecular formula is C20H22N2O2S. The second-order valence-electron chi connectivity index (χ2n) is 5.95. The van der Waals surface area contributed by atoms with E-state index >= 15 is 0 Å². The Hall–Kier alpha value is -2.40. The molecule has 0 aliphatic carbocycles. The number of hydrogen-bond donors (Lipinski definition) is 0. The first-order chi connectivity index (χ1) is 12.1. The Labute approximate surface area is 151 Å². The summed E-state index contributed by atoms with van der Waals surface area (Å²) in [6.07, 6.45) is 0.269. The minimum atomic E-state index is -0.155. The zero-order valence-electron chi connectivity index (χ0n) is 14.8. The number of carbonyl (C=O) groups excluding carboxylic acids is 1. The van der Waals surface area contributed by atoms with E-state index in [-0.39, 0.29) is 12.3 Å². The van der Waals surface area contributed by atoms with Crippen LogP contribution in [0.5, 0.6) is 5.75 Å². The first kappa shape index (κ1) is 17.4. The van der Waals surface area contributed by atoms with Crippen LogP contribution < -0.4 is 9.54 Å². The average molecular weight is 354 g/mol. The molecule has 2 aromatic carbocycles. The van der Waals surface area contributed by atoms with Crippen molar-refractivity contribution in [3.05, 3.63) is 58.4 Å². The van der Waals surface area contributed by atoms with Gasteiger partial charge in [0.05, 0.1) is 23.2 Å². The van der Waals surface area contributed by atoms with Gasteiger partial charge in [0.15, 0.2) is 4.80 Å². The summed E-state index contributed by atoms with van der Waals surface area (Å²) in [6.45, 7) is 7.41. The fraction of sp³-hybridized carbons (Fsp3) is 0.300. The summed E-state index contributed by atoms with van der Waals surface area (Å²) in [7, 11) is 0. The molecule has 3 aromatic rings. The second-order valence-corrected chi connectivity index (χ2v) is 6.96. The Morgan fingerprint density at radius 1 is 1.16 bits per heavy atom. The molecule has 0 fully saturated rings. The maximum Gasteiger partial charge on any atom is 0.251 e. The monoisotopic (exact) mass is 354 g/mol. The fourth-order valence-electron chi connectivity index (χ4n) is 2.65. The van der Waals surface area contributed by atoms with Crippen LogP contribution in [0, 0.1) is 13.8 Å². The molecule has 5 heteroatoms. The molecule has 25 heavy (non-hydrogen) atoms. The van der Waals surface area contributed by atoms with Gasteiger partial charge < -0.3 is 9.30 Å². The van der Waals surface area contributed by atoms with Crippen molar-refractivity contribution in [2.24, 2.45) is 4.99 Å². The highest BCUT2D eigenvalue weighted by Crippen LogP contribution is 2.22. The van der Waals surface area contributed by atoms with Crippen LogP contribution in [-0.2, 0) is 11.3 Å². The highest BCUT2D eigenvalue weighted by atomic mass is 32.1. The van der Waals surface area contributed by atoms with E-state index in [0.29, 0.717) is 6.61 Å². The Morgan fingerprint density at radius 3 is 2.60 bits per heavy atom. The van der Waals surface area contributed by atoms with Crippen molar-refractivity contribution >= 4 is 27.5 Å². The van der Waals surface area contributed by atoms with E-state index in [2.05, 4.69) is 42.5 Å². The summed E-state index contributed by atoms with van der Waals surface area (Å²) < 4.78 is 8.84. The second kappa shape index (κ2) is 7.66. The van der Waals surface area contributed by atoms with Gasteiger partial charge in [-0.05, 0) is 56.2 Å². The van der Waals surface area contributed by atoms with Crippen molar-refractivity contribution in [1.82, 2.24) is 4.57 Å². The normalized spacial score (nSPS) is 11.9. The lowest BCUT2D eigenvalue weighted by molar-refractivity contribution is -0.118. The van der Waals surface area contributed by atoms with Gasteiger partial charge in [-0.3, -0.25) is 4.79 Å². The molecule has 0 saturated carbocycles. The van der Waals surface area contributed by atoms with Crippen molar-refractivity contribution in [3.63, 3.8) is 0 Å². The molecular weight excluding hydrogens is 332 g/mol. The minimum Gasteiger partial charge on any atom is -0.493 e. The molecule has 0 N–H and O–H groups in total. The van der Waals surface area contributed by atoms with Gasteiger partial charge >= 0.3 is 0 Å². The number of rotatable bonds is 5. The maximum absolute atomic E-state index is 12.2. The number of nitrogens with zero attached hydrogens (tertiary/aromatic N) is 2. The number of para-hydroxylation sites is 1. The van der Waals surface area contributed by atoms with Gasteiger partial charge in [0, 0.05) is 6.54 Å². The van der Waals surface area contributed by atoms with E-state index in [0.717, 1.165) is 27.3 Å². The predicted molar refractivity (Wildman–Crippen MR) is 102 cm³/mol. The smallest absolute Gasteiger partial charge is 0.251 e. The molecule has 0 atom stereocenters. The summed E-state index contributed by atoms with van der Waals surface area (Å²) in [4.78, 5) is 17.3. The molecule has 0 bridgehead atoms. The molecule has 0 spiro atoms. The fourth-order valence-corrected chi connectivity index (χ4v) is 3.84. The number of fused-ring (bicyclic) bond motifs is 1. The predicted octanol–water partition coefficient (Wildman–Crippen LogP) is 4.24. The molecule has 1 heterocycles. The molecule has 0 aliphatic heterocycles. The van der Waals surface area contributed by atoms with Crippen LogP contribution in [-0.4, -0.2) is 17.1 Å². The van der Waals surface area contributed by atoms with Crippen LogP contribution in [0.2, 0.25) is 0 Å². The molecule has 4 nitrogen and oxygen atoms in total. The Balaban J connectivity index is 1.79. The first-order valence-electron chi connectivity index (χ1n) is 8.44. The van der Waals surface area contributed by atoms with E-state index in [1.807, 2.05) is 30.3 Å². The lowest BCUT2D eigenvalue weighted by Crippen LogP contribution is -2.16. The standard InChI is InChI=1S/C20H22N2O2S/c1-4-22-17-12-14(2)15(3)13-18(17)25-20(22)21-19(23)10-11-24-16-8-6-5-7-9-16/h5-9,12-13H,4,10-11H2,1-3H3. The van der Waals surface area contributed by atoms with Gasteiger partial charge in [-0.15, -0.1) is 0 Å². The summed E-state index contributed by atoms with van der Waals surface area (Å²) in [6, 6.07) is 13.9. The molecule has 130 valence electrons. The van der Waals surface area contributed by atoms with Crippen LogP contribution in [0.25, 0.3) is 10.2 Å². The van der Waals surface area contributed by atoms with Gasteiger partial charge in [-0.1, -0.05) is 29.5 Å². The Bertz CT molecular complexity index is 955. The van der Waals surface area contributed by atoms with Crippen molar-refractivity contribution < 1.29 is 9.53 Å². The maximum atomic E-state index is 12.2. The minimum absolute atomic E-state index is 0.155. The van der Waals surface area contributed by atoms with E-state index in [4.69, 9.17) is 4.74 Å². The van der Waals surface area contributed by atoms with Crippen LogP contribution in [0.1, 0.15) is 24.5 Å². The third-order valence-corrected chi connectivity index (χ3v) is 5.20. The molecule has 0 radical (unpaired) electrons. The quantitative estimate of drug-likeness (QED) is 0.688. The highest BCUT2D eigenvalue weighted by molar-refractivity contribution is 7.16. The first-order valence-corrected chi connectivity index (χ1v) is 9.26. The SMILES string of the molecule is CCn1c(=NC(=O)CCOc2ccccc2)sc2cc(C)c(C)cc21. The lowest BCUT2D eigenvalue weighted by Gasteiger charge is -2.04. The Morgan fingerprint density at radius 2 is 1.88 bits per heavy atom. The number of ether oxygens (including phenoxy) is 1. The average Bonchev–Trinajstić information content (AvgIpc) is 2.92. The summed E-state index contributed by atoms with van der Waals surface area (Å²) in [5, 5.41) is 0. The van der Waals surface area contributed by atoms with Gasteiger partial charge in [-0.25, -0.2) is 0 Å². The molecule has 0 unspecified atom stereocenters. The van der Waals surface area contributed by atoms with Crippen LogP contribution in [0.3, 0.4) is 0 Å². The van der Waals surface area contributed by atoms with Crippen LogP contribution >= 0.6 is 11.3 Å². The van der Waals surface area contributed by atoms with Gasteiger partial charge in [0.2, 0.25) is 0 Å². The number of aryl methyl sites for hydroxylation is 3. The number of carbonyl (C=O) groups is 1. The molecule has 0 saturated heterocycles. The highest BCUT2D eigenvalue weighted by Gasteiger charge is 2.08. The topological polar surface area (TPSA) is 43.6 Å². The number of benzene rings is 2. The molecule has 0 aliphatic rings. The van der Waals surface area contributed by atoms with Crippen molar-refractivity contribution in [2.45, 2.75) is 33.7 Å². The van der Waals surface area contributed by atoms with E-state index in [9.17, 15) is 4.79 Å². The van der Waals surface area contributed by atoms with Gasteiger partial charge in [-0.2, -0.15) is 4.99 Å². The number of amides is 1.